The Morgan fingerprint density at radius 1 is 0.656 bits per heavy atom. The Morgan fingerprint density at radius 3 is 1.84 bits per heavy atom. The van der Waals surface area contributed by atoms with Crippen molar-refractivity contribution >= 4 is 11.7 Å². The lowest BCUT2D eigenvalue weighted by Gasteiger charge is -2.48. The molecule has 374 valence electrons. The normalized spacial score (nSPS) is 41.2. The number of aliphatic hydroxyl groups is 11. The fraction of sp³-hybridized carbons (Fsp3) is 0.953. The molecule has 4 fully saturated rings. The first-order valence-electron chi connectivity index (χ1n) is 22.9. The molecule has 0 bridgehead atoms. The van der Waals surface area contributed by atoms with Crippen molar-refractivity contribution < 1.29 is 98.9 Å². The van der Waals surface area contributed by atoms with Crippen LogP contribution in [0, 0.1) is 17.8 Å². The number of aliphatic hydroxyl groups excluding tert-OH is 11. The highest BCUT2D eigenvalue weighted by atomic mass is 16.7. The number of hydrogen-bond donors (Lipinski definition) is 12. The highest BCUT2D eigenvalue weighted by Crippen LogP contribution is 2.33. The topological polar surface area (TPSA) is 333 Å². The maximum absolute atomic E-state index is 13.4. The Hall–Kier alpha value is -1.58. The Kier molecular flexibility index (Phi) is 21.6. The smallest absolute Gasteiger partial charge is 0.223 e. The fourth-order valence-corrected chi connectivity index (χ4v) is 8.93. The van der Waals surface area contributed by atoms with E-state index in [0.29, 0.717) is 19.3 Å². The number of ketones is 1. The third-order valence-corrected chi connectivity index (χ3v) is 13.5. The quantitative estimate of drug-likeness (QED) is 0.0503. The molecular weight excluding hydrogens is 850 g/mol. The Balaban J connectivity index is 1.31. The molecule has 21 heteroatoms. The van der Waals surface area contributed by atoms with Crippen molar-refractivity contribution in [1.29, 1.82) is 0 Å². The summed E-state index contributed by atoms with van der Waals surface area (Å²) in [7, 11) is 0. The minimum Gasteiger partial charge on any atom is -0.394 e. The van der Waals surface area contributed by atoms with Crippen LogP contribution in [-0.4, -0.2) is 210 Å². The third-order valence-electron chi connectivity index (χ3n) is 13.5. The number of hydrogen-bond acceptors (Lipinski definition) is 20. The molecule has 64 heavy (non-hydrogen) atoms. The fourth-order valence-electron chi connectivity index (χ4n) is 8.93. The van der Waals surface area contributed by atoms with Gasteiger partial charge in [0, 0.05) is 19.3 Å². The van der Waals surface area contributed by atoms with Crippen molar-refractivity contribution in [1.82, 2.24) is 5.32 Å². The molecule has 12 N–H and O–H groups in total. The third kappa shape index (κ3) is 14.0. The summed E-state index contributed by atoms with van der Waals surface area (Å²) in [6.07, 6.45) is -23.9. The van der Waals surface area contributed by atoms with Crippen LogP contribution in [0.2, 0.25) is 0 Å². The van der Waals surface area contributed by atoms with Gasteiger partial charge in [-0.15, -0.1) is 0 Å². The zero-order chi connectivity index (χ0) is 47.7. The van der Waals surface area contributed by atoms with Crippen molar-refractivity contribution in [3.63, 3.8) is 0 Å². The monoisotopic (exact) mass is 928 g/mol. The molecule has 4 aliphatic rings. The second-order valence-electron chi connectivity index (χ2n) is 18.4. The van der Waals surface area contributed by atoms with Crippen LogP contribution >= 0.6 is 0 Å². The lowest BCUT2D eigenvalue weighted by Crippen LogP contribution is -2.67. The molecule has 0 aliphatic carbocycles. The van der Waals surface area contributed by atoms with E-state index in [9.17, 15) is 65.8 Å². The van der Waals surface area contributed by atoms with E-state index in [4.69, 9.17) is 33.2 Å². The predicted molar refractivity (Wildman–Crippen MR) is 222 cm³/mol. The van der Waals surface area contributed by atoms with Crippen molar-refractivity contribution in [2.75, 3.05) is 13.2 Å². The summed E-state index contributed by atoms with van der Waals surface area (Å²) in [6.45, 7) is 11.6. The molecule has 0 saturated carbocycles. The SMILES string of the molecule is CC[C@@H]1O[C@@H](O[C@@H](C[C@H](O)CC(=O)C[C@@H](C[C@H](O)CC(=O)N[C@H]2C(CO)O[C@@H](C)[C@H](O[C@@H]3OC(C)[C@H](O[C@@H]4OC[C@@H](O)C(O)[C@H]4O)C(O)[C@@H]3O)C2O)[C@H](C)CC)[C@H](C)CC)[C@@H](O)C1O. The van der Waals surface area contributed by atoms with Gasteiger partial charge in [-0.3, -0.25) is 9.59 Å². The molecule has 4 rings (SSSR count). The summed E-state index contributed by atoms with van der Waals surface area (Å²) in [5, 5.41) is 119. The molecule has 0 aromatic carbocycles. The zero-order valence-corrected chi connectivity index (χ0v) is 38.0. The Bertz CT molecular complexity index is 1420. The summed E-state index contributed by atoms with van der Waals surface area (Å²) in [5.74, 6) is -1.43. The first kappa shape index (κ1) is 55.0. The number of Topliss-reactive ketones (excluding diaryl/α,β-unsaturated/α-hetero) is 1. The minimum atomic E-state index is -1.78. The molecular formula is C43H77NO20. The lowest BCUT2D eigenvalue weighted by molar-refractivity contribution is -0.358. The van der Waals surface area contributed by atoms with Crippen LogP contribution in [0.4, 0.5) is 0 Å². The molecule has 4 saturated heterocycles. The Morgan fingerprint density at radius 2 is 1.23 bits per heavy atom. The van der Waals surface area contributed by atoms with Gasteiger partial charge in [0.1, 0.15) is 72.9 Å². The van der Waals surface area contributed by atoms with Crippen LogP contribution in [0.15, 0.2) is 0 Å². The minimum absolute atomic E-state index is 0.0198. The number of amides is 1. The van der Waals surface area contributed by atoms with Crippen LogP contribution in [0.25, 0.3) is 0 Å². The number of carbonyl (C=O) groups is 2. The van der Waals surface area contributed by atoms with Gasteiger partial charge in [-0.25, -0.2) is 0 Å². The standard InChI is InChI=1S/C43H77NO20/c1-8-18(4)22(11-23(46)13-25(48)14-28(19(5)9-2)62-43-37(56)33(52)27(10-3)61-43)12-24(47)15-30(50)44-31-29(16-45)59-20(6)39(34(31)53)64-42-38(57)35(54)40(21(7)60-42)63-41-36(55)32(51)26(49)17-58-41/h18-22,24-29,31-43,45,47-49,51-57H,8-17H2,1-7H3,(H,44,50)/t18-,19-,20+,21?,22+,24+,25-,26-,27+,28+,29?,31+,32?,33?,34?,35?,36-,37+,38+,39+,40+,41+,42+,43+/m1/s1. The number of nitrogens with one attached hydrogen (secondary N) is 1. The van der Waals surface area contributed by atoms with Crippen molar-refractivity contribution in [2.24, 2.45) is 17.8 Å². The second kappa shape index (κ2) is 25.2. The lowest BCUT2D eigenvalue weighted by atomic mass is 9.81. The first-order valence-corrected chi connectivity index (χ1v) is 22.9. The molecule has 0 aromatic rings. The van der Waals surface area contributed by atoms with E-state index in [0.717, 1.165) is 0 Å². The zero-order valence-electron chi connectivity index (χ0n) is 38.0. The van der Waals surface area contributed by atoms with Gasteiger partial charge < -0.3 is 94.6 Å². The van der Waals surface area contributed by atoms with Gasteiger partial charge in [-0.2, -0.15) is 0 Å². The van der Waals surface area contributed by atoms with Gasteiger partial charge in [0.2, 0.25) is 5.91 Å². The molecule has 4 heterocycles. The Labute approximate surface area is 374 Å². The molecule has 21 nitrogen and oxygen atoms in total. The number of rotatable bonds is 23. The van der Waals surface area contributed by atoms with Crippen LogP contribution < -0.4 is 5.32 Å². The molecule has 24 atom stereocenters. The van der Waals surface area contributed by atoms with Gasteiger partial charge in [0.15, 0.2) is 18.9 Å². The number of ether oxygens (including phenoxy) is 7. The molecule has 4 aliphatic heterocycles. The van der Waals surface area contributed by atoms with E-state index < -0.39 is 148 Å². The average molecular weight is 928 g/mol. The van der Waals surface area contributed by atoms with E-state index in [-0.39, 0.29) is 55.8 Å². The molecule has 0 radical (unpaired) electrons. The highest BCUT2D eigenvalue weighted by Gasteiger charge is 2.52. The maximum atomic E-state index is 13.4. The molecule has 0 spiro atoms. The van der Waals surface area contributed by atoms with E-state index in [1.54, 1.807) is 0 Å². The van der Waals surface area contributed by atoms with Crippen LogP contribution in [0.1, 0.15) is 99.8 Å². The largest absolute Gasteiger partial charge is 0.394 e. The van der Waals surface area contributed by atoms with E-state index >= 15 is 0 Å². The van der Waals surface area contributed by atoms with Crippen LogP contribution in [-0.2, 0) is 42.7 Å². The van der Waals surface area contributed by atoms with Crippen molar-refractivity contribution in [3.05, 3.63) is 0 Å². The first-order chi connectivity index (χ1) is 30.1. The average Bonchev–Trinajstić information content (AvgIpc) is 3.52. The maximum Gasteiger partial charge on any atom is 0.223 e. The van der Waals surface area contributed by atoms with Gasteiger partial charge in [0.25, 0.3) is 0 Å². The predicted octanol–water partition coefficient (Wildman–Crippen LogP) is -2.52. The van der Waals surface area contributed by atoms with E-state index in [1.165, 1.54) is 13.8 Å². The summed E-state index contributed by atoms with van der Waals surface area (Å²) in [5.41, 5.74) is 0. The van der Waals surface area contributed by atoms with Crippen LogP contribution in [0.3, 0.4) is 0 Å². The van der Waals surface area contributed by atoms with Crippen LogP contribution in [0.5, 0.6) is 0 Å². The van der Waals surface area contributed by atoms with Crippen molar-refractivity contribution in [2.45, 2.75) is 229 Å². The van der Waals surface area contributed by atoms with Gasteiger partial charge in [-0.1, -0.05) is 47.5 Å². The number of carbonyl (C=O) groups excluding carboxylic acids is 2. The molecule has 6 unspecified atom stereocenters. The molecule has 0 aromatic heterocycles. The van der Waals surface area contributed by atoms with Gasteiger partial charge in [-0.05, 0) is 44.4 Å². The van der Waals surface area contributed by atoms with E-state index in [2.05, 4.69) is 5.32 Å². The van der Waals surface area contributed by atoms with E-state index in [1.807, 2.05) is 34.6 Å². The van der Waals surface area contributed by atoms with Gasteiger partial charge >= 0.3 is 0 Å². The summed E-state index contributed by atoms with van der Waals surface area (Å²) in [4.78, 5) is 26.8. The highest BCUT2D eigenvalue weighted by molar-refractivity contribution is 5.79. The molecule has 1 amide bonds. The summed E-state index contributed by atoms with van der Waals surface area (Å²) < 4.78 is 40.3. The summed E-state index contributed by atoms with van der Waals surface area (Å²) >= 11 is 0. The second-order valence-corrected chi connectivity index (χ2v) is 18.4. The summed E-state index contributed by atoms with van der Waals surface area (Å²) in [6, 6.07) is -1.27. The van der Waals surface area contributed by atoms with Crippen molar-refractivity contribution in [3.8, 4) is 0 Å². The van der Waals surface area contributed by atoms with Gasteiger partial charge in [0.05, 0.1) is 62.3 Å².